The molecule has 0 saturated heterocycles. The molecule has 2 saturated carbocycles. The number of hydrogen-bond donors (Lipinski definition) is 1. The average molecular weight is 261 g/mol. The number of rotatable bonds is 7. The molecule has 0 aliphatic heterocycles. The number of hydrogen-bond acceptors (Lipinski definition) is 2. The van der Waals surface area contributed by atoms with Crippen molar-refractivity contribution < 1.29 is 0 Å². The van der Waals surface area contributed by atoms with Gasteiger partial charge in [0, 0.05) is 12.2 Å². The maximum atomic E-state index is 4.78. The van der Waals surface area contributed by atoms with Gasteiger partial charge in [0.2, 0.25) is 0 Å². The van der Waals surface area contributed by atoms with Crippen molar-refractivity contribution in [2.45, 2.75) is 76.3 Å². The normalized spacial score (nSPS) is 20.8. The number of nitrogens with zero attached hydrogens (tertiary/aromatic N) is 2. The topological polar surface area (TPSA) is 29.9 Å². The molecular formula is C16H27N3. The Morgan fingerprint density at radius 3 is 2.74 bits per heavy atom. The molecular weight excluding hydrogens is 234 g/mol. The minimum atomic E-state index is 0.680. The lowest BCUT2D eigenvalue weighted by Crippen LogP contribution is -2.17. The molecule has 0 radical (unpaired) electrons. The van der Waals surface area contributed by atoms with Crippen molar-refractivity contribution in [1.29, 1.82) is 0 Å². The van der Waals surface area contributed by atoms with Gasteiger partial charge >= 0.3 is 0 Å². The van der Waals surface area contributed by atoms with Crippen molar-refractivity contribution in [2.24, 2.45) is 0 Å². The van der Waals surface area contributed by atoms with Gasteiger partial charge in [0.05, 0.1) is 11.7 Å². The fraction of sp³-hybridized carbons (Fsp3) is 0.812. The maximum absolute atomic E-state index is 4.78. The van der Waals surface area contributed by atoms with Crippen molar-refractivity contribution >= 4 is 0 Å². The summed E-state index contributed by atoms with van der Waals surface area (Å²) < 4.78 is 2.23. The van der Waals surface area contributed by atoms with Gasteiger partial charge in [0.1, 0.15) is 0 Å². The van der Waals surface area contributed by atoms with E-state index in [0.29, 0.717) is 6.04 Å². The Balaban J connectivity index is 1.37. The smallest absolute Gasteiger partial charge is 0.0624 e. The zero-order valence-electron chi connectivity index (χ0n) is 12.0. The Labute approximate surface area is 116 Å². The van der Waals surface area contributed by atoms with Crippen LogP contribution in [0.4, 0.5) is 0 Å². The zero-order valence-corrected chi connectivity index (χ0v) is 12.0. The minimum absolute atomic E-state index is 0.680. The standard InChI is InChI=1S/C16H27N3/c1-2-7-16(8-3-1)19-13-11-15(18-19)6-4-5-12-17-14-9-10-14/h11,13-14,16-17H,1-10,12H2. The molecule has 1 aromatic heterocycles. The van der Waals surface area contributed by atoms with Gasteiger partial charge < -0.3 is 5.32 Å². The van der Waals surface area contributed by atoms with Crippen LogP contribution in [-0.2, 0) is 6.42 Å². The fourth-order valence-electron chi connectivity index (χ4n) is 3.08. The van der Waals surface area contributed by atoms with Crippen LogP contribution < -0.4 is 5.32 Å². The molecule has 0 unspecified atom stereocenters. The second-order valence-corrected chi connectivity index (χ2v) is 6.26. The van der Waals surface area contributed by atoms with Crippen LogP contribution in [0, 0.1) is 0 Å². The van der Waals surface area contributed by atoms with E-state index in [1.807, 2.05) is 0 Å². The Kier molecular flexibility index (Phi) is 4.54. The van der Waals surface area contributed by atoms with Crippen LogP contribution in [0.25, 0.3) is 0 Å². The molecule has 1 heterocycles. The van der Waals surface area contributed by atoms with Crippen molar-refractivity contribution in [3.63, 3.8) is 0 Å². The summed E-state index contributed by atoms with van der Waals surface area (Å²) in [6.45, 7) is 1.19. The molecule has 2 aliphatic rings. The van der Waals surface area contributed by atoms with Crippen LogP contribution in [0.15, 0.2) is 12.3 Å². The molecule has 3 nitrogen and oxygen atoms in total. The molecule has 3 heteroatoms. The summed E-state index contributed by atoms with van der Waals surface area (Å²) in [5.41, 5.74) is 1.29. The molecule has 0 amide bonds. The van der Waals surface area contributed by atoms with Crippen LogP contribution in [0.5, 0.6) is 0 Å². The summed E-state index contributed by atoms with van der Waals surface area (Å²) >= 11 is 0. The first kappa shape index (κ1) is 13.2. The molecule has 2 fully saturated rings. The average Bonchev–Trinajstić information content (AvgIpc) is 3.16. The van der Waals surface area contributed by atoms with E-state index >= 15 is 0 Å². The van der Waals surface area contributed by atoms with E-state index in [2.05, 4.69) is 22.3 Å². The van der Waals surface area contributed by atoms with Crippen LogP contribution in [0.2, 0.25) is 0 Å². The van der Waals surface area contributed by atoms with Gasteiger partial charge in [-0.1, -0.05) is 19.3 Å². The predicted octanol–water partition coefficient (Wildman–Crippen LogP) is 3.46. The Morgan fingerprint density at radius 1 is 1.11 bits per heavy atom. The minimum Gasteiger partial charge on any atom is -0.314 e. The van der Waals surface area contributed by atoms with Gasteiger partial charge in [0.25, 0.3) is 0 Å². The highest BCUT2D eigenvalue weighted by Crippen LogP contribution is 2.27. The second kappa shape index (κ2) is 6.56. The first-order valence-corrected chi connectivity index (χ1v) is 8.19. The Bertz CT molecular complexity index is 375. The lowest BCUT2D eigenvalue weighted by atomic mass is 9.96. The highest BCUT2D eigenvalue weighted by Gasteiger charge is 2.19. The quantitative estimate of drug-likeness (QED) is 0.762. The van der Waals surface area contributed by atoms with Crippen LogP contribution >= 0.6 is 0 Å². The monoisotopic (exact) mass is 261 g/mol. The summed E-state index contributed by atoms with van der Waals surface area (Å²) in [4.78, 5) is 0. The molecule has 1 aromatic rings. The lowest BCUT2D eigenvalue weighted by Gasteiger charge is -2.21. The van der Waals surface area contributed by atoms with Crippen molar-refractivity contribution in [1.82, 2.24) is 15.1 Å². The van der Waals surface area contributed by atoms with Gasteiger partial charge in [-0.15, -0.1) is 0 Å². The van der Waals surface area contributed by atoms with E-state index in [0.717, 1.165) is 12.5 Å². The number of unbranched alkanes of at least 4 members (excludes halogenated alkanes) is 1. The molecule has 19 heavy (non-hydrogen) atoms. The van der Waals surface area contributed by atoms with Crippen molar-refractivity contribution in [3.05, 3.63) is 18.0 Å². The third-order valence-corrected chi connectivity index (χ3v) is 4.48. The summed E-state index contributed by atoms with van der Waals surface area (Å²) in [5, 5.41) is 8.35. The largest absolute Gasteiger partial charge is 0.314 e. The number of nitrogens with one attached hydrogen (secondary N) is 1. The molecule has 2 aliphatic carbocycles. The van der Waals surface area contributed by atoms with Gasteiger partial charge in [-0.3, -0.25) is 4.68 Å². The maximum Gasteiger partial charge on any atom is 0.0624 e. The van der Waals surface area contributed by atoms with E-state index in [9.17, 15) is 0 Å². The van der Waals surface area contributed by atoms with E-state index in [-0.39, 0.29) is 0 Å². The first-order chi connectivity index (χ1) is 9.42. The Morgan fingerprint density at radius 2 is 1.95 bits per heavy atom. The fourth-order valence-corrected chi connectivity index (χ4v) is 3.08. The summed E-state index contributed by atoms with van der Waals surface area (Å²) in [6, 6.07) is 3.76. The SMILES string of the molecule is c1cn(C2CCCCC2)nc1CCCCNC1CC1. The van der Waals surface area contributed by atoms with Crippen LogP contribution in [-0.4, -0.2) is 22.4 Å². The highest BCUT2D eigenvalue weighted by atomic mass is 15.3. The van der Waals surface area contributed by atoms with Crippen molar-refractivity contribution in [3.8, 4) is 0 Å². The van der Waals surface area contributed by atoms with E-state index < -0.39 is 0 Å². The van der Waals surface area contributed by atoms with E-state index in [1.165, 1.54) is 70.0 Å². The second-order valence-electron chi connectivity index (χ2n) is 6.26. The molecule has 0 spiro atoms. The van der Waals surface area contributed by atoms with Gasteiger partial charge in [-0.2, -0.15) is 5.10 Å². The molecule has 106 valence electrons. The first-order valence-electron chi connectivity index (χ1n) is 8.19. The molecule has 0 bridgehead atoms. The number of aryl methyl sites for hydroxylation is 1. The molecule has 1 N–H and O–H groups in total. The Hall–Kier alpha value is -0.830. The van der Waals surface area contributed by atoms with Crippen LogP contribution in [0.3, 0.4) is 0 Å². The van der Waals surface area contributed by atoms with Gasteiger partial charge in [-0.05, 0) is 57.6 Å². The zero-order chi connectivity index (χ0) is 12.9. The third kappa shape index (κ3) is 4.07. The summed E-state index contributed by atoms with van der Waals surface area (Å²) in [7, 11) is 0. The van der Waals surface area contributed by atoms with Crippen molar-refractivity contribution in [2.75, 3.05) is 6.54 Å². The summed E-state index contributed by atoms with van der Waals surface area (Å²) in [5.74, 6) is 0. The highest BCUT2D eigenvalue weighted by molar-refractivity contribution is 5.00. The summed E-state index contributed by atoms with van der Waals surface area (Å²) in [6.07, 6.45) is 15.5. The van der Waals surface area contributed by atoms with Gasteiger partial charge in [0.15, 0.2) is 0 Å². The van der Waals surface area contributed by atoms with E-state index in [1.54, 1.807) is 0 Å². The number of aromatic nitrogens is 2. The van der Waals surface area contributed by atoms with E-state index in [4.69, 9.17) is 5.10 Å². The van der Waals surface area contributed by atoms with Gasteiger partial charge in [-0.25, -0.2) is 0 Å². The predicted molar refractivity (Wildman–Crippen MR) is 78.3 cm³/mol. The third-order valence-electron chi connectivity index (χ3n) is 4.48. The molecule has 3 rings (SSSR count). The molecule has 0 atom stereocenters. The van der Waals surface area contributed by atoms with Crippen LogP contribution in [0.1, 0.15) is 69.5 Å². The lowest BCUT2D eigenvalue weighted by molar-refractivity contribution is 0.328. The molecule has 0 aromatic carbocycles.